The Morgan fingerprint density at radius 3 is 2.25 bits per heavy atom. The third-order valence-electron chi connectivity index (χ3n) is 1.34. The largest absolute Gasteiger partial charge is 0.395 e. The van der Waals surface area contributed by atoms with Crippen LogP contribution in [0.25, 0.3) is 0 Å². The monoisotopic (exact) mass is 119 g/mol. The zero-order valence-electron chi connectivity index (χ0n) is 4.33. The molecule has 1 fully saturated rings. The van der Waals surface area contributed by atoms with Gasteiger partial charge in [0.15, 0.2) is 5.72 Å². The maximum Gasteiger partial charge on any atom is 0.157 e. The van der Waals surface area contributed by atoms with Gasteiger partial charge in [0.25, 0.3) is 0 Å². The number of hydrogen-bond donors (Lipinski definition) is 4. The molecular formula is C4H9NO3. The third kappa shape index (κ3) is 0.714. The van der Waals surface area contributed by atoms with Gasteiger partial charge in [-0.1, -0.05) is 0 Å². The zero-order valence-corrected chi connectivity index (χ0v) is 4.33. The highest BCUT2D eigenvalue weighted by Crippen LogP contribution is 2.20. The highest BCUT2D eigenvalue weighted by Gasteiger charge is 2.51. The van der Waals surface area contributed by atoms with Gasteiger partial charge in [-0.15, -0.1) is 0 Å². The van der Waals surface area contributed by atoms with Crippen LogP contribution in [0.1, 0.15) is 0 Å². The van der Waals surface area contributed by atoms with Gasteiger partial charge in [-0.05, 0) is 0 Å². The predicted molar refractivity (Wildman–Crippen MR) is 26.0 cm³/mol. The van der Waals surface area contributed by atoms with E-state index in [4.69, 9.17) is 15.3 Å². The van der Waals surface area contributed by atoms with Crippen molar-refractivity contribution in [1.82, 2.24) is 5.32 Å². The summed E-state index contributed by atoms with van der Waals surface area (Å²) in [7, 11) is 0. The fraction of sp³-hybridized carbons (Fsp3) is 1.00. The maximum absolute atomic E-state index is 8.88. The van der Waals surface area contributed by atoms with Crippen molar-refractivity contribution in [3.63, 3.8) is 0 Å². The fourth-order valence-corrected chi connectivity index (χ4v) is 0.613. The standard InChI is InChI=1S/C4H9NO3/c6-1-3-4(8,2-7)5-3/h3,5-8H,1-2H2/t3?,4-/m1/s1. The second-order valence-electron chi connectivity index (χ2n) is 1.96. The highest BCUT2D eigenvalue weighted by molar-refractivity contribution is 5.04. The summed E-state index contributed by atoms with van der Waals surface area (Å²) in [6, 6.07) is -0.326. The van der Waals surface area contributed by atoms with Gasteiger partial charge in [-0.3, -0.25) is 5.32 Å². The predicted octanol–water partition coefficient (Wildman–Crippen LogP) is -2.37. The Morgan fingerprint density at radius 2 is 2.12 bits per heavy atom. The lowest BCUT2D eigenvalue weighted by molar-refractivity contribution is 0.0557. The Bertz CT molecular complexity index is 97.3. The Hall–Kier alpha value is -0.160. The average Bonchev–Trinajstić information content (AvgIpc) is 2.44. The van der Waals surface area contributed by atoms with Crippen molar-refractivity contribution in [1.29, 1.82) is 0 Å². The van der Waals surface area contributed by atoms with Crippen molar-refractivity contribution in [2.45, 2.75) is 11.8 Å². The molecule has 0 radical (unpaired) electrons. The molecule has 1 aliphatic heterocycles. The van der Waals surface area contributed by atoms with Crippen molar-refractivity contribution in [3.8, 4) is 0 Å². The van der Waals surface area contributed by atoms with Crippen LogP contribution in [0.4, 0.5) is 0 Å². The molecule has 4 nitrogen and oxygen atoms in total. The summed E-state index contributed by atoms with van der Waals surface area (Å²) in [4.78, 5) is 0. The average molecular weight is 119 g/mol. The molecule has 0 aromatic heterocycles. The lowest BCUT2D eigenvalue weighted by atomic mass is 10.3. The number of nitrogens with one attached hydrogen (secondary N) is 1. The van der Waals surface area contributed by atoms with Gasteiger partial charge in [-0.25, -0.2) is 0 Å². The van der Waals surface area contributed by atoms with Gasteiger partial charge < -0.3 is 15.3 Å². The van der Waals surface area contributed by atoms with E-state index in [9.17, 15) is 0 Å². The van der Waals surface area contributed by atoms with E-state index < -0.39 is 5.72 Å². The summed E-state index contributed by atoms with van der Waals surface area (Å²) in [6.45, 7) is -0.463. The fourth-order valence-electron chi connectivity index (χ4n) is 0.613. The van der Waals surface area contributed by atoms with Gasteiger partial charge in [0.1, 0.15) is 0 Å². The van der Waals surface area contributed by atoms with Gasteiger partial charge >= 0.3 is 0 Å². The first kappa shape index (κ1) is 5.97. The van der Waals surface area contributed by atoms with Crippen LogP contribution in [0.15, 0.2) is 0 Å². The molecule has 0 amide bonds. The maximum atomic E-state index is 8.88. The molecule has 4 heteroatoms. The van der Waals surface area contributed by atoms with Gasteiger partial charge in [0.2, 0.25) is 0 Å². The molecule has 0 aromatic rings. The molecule has 0 saturated carbocycles. The topological polar surface area (TPSA) is 82.6 Å². The minimum absolute atomic E-state index is 0.128. The summed E-state index contributed by atoms with van der Waals surface area (Å²) < 4.78 is 0. The minimum atomic E-state index is -1.19. The van der Waals surface area contributed by atoms with Crippen LogP contribution in [0, 0.1) is 0 Å². The first-order chi connectivity index (χ1) is 3.73. The molecule has 1 unspecified atom stereocenters. The molecule has 0 spiro atoms. The molecule has 0 aromatic carbocycles. The van der Waals surface area contributed by atoms with E-state index in [1.165, 1.54) is 0 Å². The SMILES string of the molecule is OCC1N[C@@]1(O)CO. The summed E-state index contributed by atoms with van der Waals surface area (Å²) in [6.07, 6.45) is 0. The first-order valence-electron chi connectivity index (χ1n) is 2.45. The molecule has 4 N–H and O–H groups in total. The van der Waals surface area contributed by atoms with Crippen LogP contribution in [0.3, 0.4) is 0 Å². The van der Waals surface area contributed by atoms with Crippen LogP contribution in [-0.2, 0) is 0 Å². The number of hydrogen-bond acceptors (Lipinski definition) is 4. The van der Waals surface area contributed by atoms with E-state index in [1.54, 1.807) is 0 Å². The summed E-state index contributed by atoms with van der Waals surface area (Å²) in [5.41, 5.74) is -1.19. The van der Waals surface area contributed by atoms with Crippen molar-refractivity contribution in [2.24, 2.45) is 0 Å². The Labute approximate surface area is 46.8 Å². The van der Waals surface area contributed by atoms with Crippen molar-refractivity contribution in [3.05, 3.63) is 0 Å². The van der Waals surface area contributed by atoms with Gasteiger partial charge in [0, 0.05) is 0 Å². The molecule has 2 atom stereocenters. The van der Waals surface area contributed by atoms with Gasteiger partial charge in [-0.2, -0.15) is 0 Å². The Balaban J connectivity index is 2.31. The molecule has 48 valence electrons. The van der Waals surface area contributed by atoms with E-state index in [0.717, 1.165) is 0 Å². The Morgan fingerprint density at radius 1 is 1.50 bits per heavy atom. The molecule has 1 rings (SSSR count). The van der Waals surface area contributed by atoms with Crippen molar-refractivity contribution in [2.75, 3.05) is 13.2 Å². The van der Waals surface area contributed by atoms with Crippen molar-refractivity contribution >= 4 is 0 Å². The van der Waals surface area contributed by atoms with E-state index in [1.807, 2.05) is 0 Å². The van der Waals surface area contributed by atoms with E-state index in [2.05, 4.69) is 5.32 Å². The summed E-state index contributed by atoms with van der Waals surface area (Å²) in [5.74, 6) is 0. The number of aliphatic hydroxyl groups excluding tert-OH is 2. The van der Waals surface area contributed by atoms with Crippen LogP contribution in [0.2, 0.25) is 0 Å². The molecule has 1 heterocycles. The molecular weight excluding hydrogens is 110 g/mol. The van der Waals surface area contributed by atoms with E-state index in [-0.39, 0.29) is 19.3 Å². The van der Waals surface area contributed by atoms with E-state index in [0.29, 0.717) is 0 Å². The lowest BCUT2D eigenvalue weighted by Crippen LogP contribution is -2.22. The van der Waals surface area contributed by atoms with Crippen molar-refractivity contribution < 1.29 is 15.3 Å². The van der Waals surface area contributed by atoms with Crippen LogP contribution in [0.5, 0.6) is 0 Å². The third-order valence-corrected chi connectivity index (χ3v) is 1.34. The van der Waals surface area contributed by atoms with Gasteiger partial charge in [0.05, 0.1) is 19.3 Å². The number of aliphatic hydroxyl groups is 3. The number of rotatable bonds is 2. The smallest absolute Gasteiger partial charge is 0.157 e. The quantitative estimate of drug-likeness (QED) is 0.306. The molecule has 0 aliphatic carbocycles. The summed E-state index contributed by atoms with van der Waals surface area (Å²) >= 11 is 0. The second-order valence-corrected chi connectivity index (χ2v) is 1.96. The minimum Gasteiger partial charge on any atom is -0.395 e. The van der Waals surface area contributed by atoms with Crippen LogP contribution >= 0.6 is 0 Å². The molecule has 8 heavy (non-hydrogen) atoms. The van der Waals surface area contributed by atoms with E-state index >= 15 is 0 Å². The zero-order chi connectivity index (χ0) is 6.20. The van der Waals surface area contributed by atoms with Crippen LogP contribution < -0.4 is 5.32 Å². The normalized spacial score (nSPS) is 44.6. The lowest BCUT2D eigenvalue weighted by Gasteiger charge is -1.98. The Kier molecular flexibility index (Phi) is 1.24. The summed E-state index contributed by atoms with van der Waals surface area (Å²) in [5, 5.41) is 28.1. The molecule has 1 saturated heterocycles. The second kappa shape index (κ2) is 1.66. The highest BCUT2D eigenvalue weighted by atomic mass is 16.4. The molecule has 1 aliphatic rings. The first-order valence-corrected chi connectivity index (χ1v) is 2.45. The van der Waals surface area contributed by atoms with Crippen LogP contribution in [-0.4, -0.2) is 40.3 Å². The molecule has 0 bridgehead atoms.